The Hall–Kier alpha value is -2.87. The lowest BCUT2D eigenvalue weighted by Gasteiger charge is -2.25. The number of methoxy groups -OCH3 is 2. The minimum Gasteiger partial charge on any atom is -0.493 e. The molecule has 0 aliphatic carbocycles. The topological polar surface area (TPSA) is 32.6 Å². The fraction of sp³-hybridized carbons (Fsp3) is 0.250. The Morgan fingerprint density at radius 1 is 1.10 bits per heavy atom. The molecule has 0 saturated carbocycles. The van der Waals surface area contributed by atoms with Crippen molar-refractivity contribution >= 4 is 11.6 Å². The van der Waals surface area contributed by atoms with E-state index in [4.69, 9.17) is 32.2 Å². The normalized spacial score (nSPS) is 17.6. The third-order valence-corrected chi connectivity index (χ3v) is 5.44. The summed E-state index contributed by atoms with van der Waals surface area (Å²) < 4.78 is 20.1. The van der Waals surface area contributed by atoms with E-state index in [2.05, 4.69) is 16.6 Å². The minimum atomic E-state index is -0.392. The summed E-state index contributed by atoms with van der Waals surface area (Å²) in [5.74, 6) is 4.03. The predicted molar refractivity (Wildman–Crippen MR) is 114 cm³/mol. The van der Waals surface area contributed by atoms with Crippen LogP contribution in [0, 0.1) is 12.3 Å². The first-order valence-corrected chi connectivity index (χ1v) is 9.82. The van der Waals surface area contributed by atoms with Gasteiger partial charge in [0.15, 0.2) is 11.5 Å². The SMILES string of the molecule is C#CCC[C@H]1O[C@H](c2cccc(OC)c2OC)c2cc(Cl)ccc2-n2cccc21. The first kappa shape index (κ1) is 19.4. The number of fused-ring (bicyclic) bond motifs is 3. The largest absolute Gasteiger partial charge is 0.493 e. The van der Waals surface area contributed by atoms with E-state index in [1.165, 1.54) is 0 Å². The number of benzene rings is 2. The molecule has 1 aromatic heterocycles. The summed E-state index contributed by atoms with van der Waals surface area (Å²) >= 11 is 6.39. The van der Waals surface area contributed by atoms with Crippen molar-refractivity contribution in [3.63, 3.8) is 0 Å². The van der Waals surface area contributed by atoms with Gasteiger partial charge in [0, 0.05) is 28.8 Å². The summed E-state index contributed by atoms with van der Waals surface area (Å²) in [6, 6.07) is 15.8. The lowest BCUT2D eigenvalue weighted by Crippen LogP contribution is -2.12. The molecule has 3 aromatic rings. The highest BCUT2D eigenvalue weighted by atomic mass is 35.5. The molecule has 0 N–H and O–H groups in total. The molecular formula is C24H22ClNO3. The molecule has 0 saturated heterocycles. The van der Waals surface area contributed by atoms with E-state index in [1.54, 1.807) is 14.2 Å². The van der Waals surface area contributed by atoms with Crippen molar-refractivity contribution in [2.45, 2.75) is 25.0 Å². The molecule has 2 atom stereocenters. The van der Waals surface area contributed by atoms with Gasteiger partial charge in [-0.25, -0.2) is 0 Å². The monoisotopic (exact) mass is 407 g/mol. The third kappa shape index (κ3) is 3.48. The second kappa shape index (κ2) is 8.24. The fourth-order valence-electron chi connectivity index (χ4n) is 3.93. The van der Waals surface area contributed by atoms with E-state index >= 15 is 0 Å². The molecule has 2 heterocycles. The standard InChI is InChI=1S/C24H22ClNO3/c1-4-5-10-21-20-9-7-14-26(20)19-13-12-16(25)15-18(19)23(29-21)17-8-6-11-22(27-2)24(17)28-3/h1,6-9,11-15,21,23H,5,10H2,2-3H3/t21-,23-/m1/s1. The van der Waals surface area contributed by atoms with Crippen molar-refractivity contribution in [2.24, 2.45) is 0 Å². The van der Waals surface area contributed by atoms with Gasteiger partial charge in [0.1, 0.15) is 6.10 Å². The molecule has 4 rings (SSSR count). The van der Waals surface area contributed by atoms with Gasteiger partial charge in [-0.2, -0.15) is 0 Å². The highest BCUT2D eigenvalue weighted by molar-refractivity contribution is 6.30. The molecule has 0 spiro atoms. The lowest BCUT2D eigenvalue weighted by molar-refractivity contribution is 0.00200. The van der Waals surface area contributed by atoms with Crippen molar-refractivity contribution in [2.75, 3.05) is 14.2 Å². The number of aromatic nitrogens is 1. The molecule has 5 heteroatoms. The molecule has 2 aromatic carbocycles. The quantitative estimate of drug-likeness (QED) is 0.507. The molecule has 0 bridgehead atoms. The predicted octanol–water partition coefficient (Wildman–Crippen LogP) is 5.72. The van der Waals surface area contributed by atoms with Crippen LogP contribution in [0.1, 0.15) is 41.9 Å². The van der Waals surface area contributed by atoms with E-state index in [0.29, 0.717) is 29.4 Å². The minimum absolute atomic E-state index is 0.173. The second-order valence-corrected chi connectivity index (χ2v) is 7.27. The Bertz CT molecular complexity index is 1070. The van der Waals surface area contributed by atoms with Gasteiger partial charge in [0.05, 0.1) is 31.7 Å². The van der Waals surface area contributed by atoms with E-state index in [0.717, 1.165) is 22.5 Å². The maximum Gasteiger partial charge on any atom is 0.166 e. The second-order valence-electron chi connectivity index (χ2n) is 6.84. The first-order chi connectivity index (χ1) is 14.2. The number of hydrogen-bond acceptors (Lipinski definition) is 3. The average molecular weight is 408 g/mol. The summed E-state index contributed by atoms with van der Waals surface area (Å²) in [6.45, 7) is 0. The van der Waals surface area contributed by atoms with Crippen molar-refractivity contribution in [1.82, 2.24) is 4.57 Å². The number of rotatable bonds is 5. The van der Waals surface area contributed by atoms with Crippen LogP contribution in [0.4, 0.5) is 0 Å². The van der Waals surface area contributed by atoms with Crippen LogP contribution in [0.5, 0.6) is 11.5 Å². The van der Waals surface area contributed by atoms with Gasteiger partial charge in [-0.1, -0.05) is 23.7 Å². The number of nitrogens with zero attached hydrogens (tertiary/aromatic N) is 1. The molecule has 0 amide bonds. The van der Waals surface area contributed by atoms with Crippen LogP contribution in [0.3, 0.4) is 0 Å². The number of halogens is 1. The maximum atomic E-state index is 6.70. The first-order valence-electron chi connectivity index (χ1n) is 9.44. The van der Waals surface area contributed by atoms with Crippen LogP contribution < -0.4 is 9.47 Å². The molecule has 1 aliphatic heterocycles. The van der Waals surface area contributed by atoms with E-state index in [9.17, 15) is 0 Å². The third-order valence-electron chi connectivity index (χ3n) is 5.21. The van der Waals surface area contributed by atoms with Crippen molar-refractivity contribution in [1.29, 1.82) is 0 Å². The Morgan fingerprint density at radius 2 is 1.97 bits per heavy atom. The van der Waals surface area contributed by atoms with Crippen LogP contribution in [0.15, 0.2) is 54.7 Å². The Morgan fingerprint density at radius 3 is 2.72 bits per heavy atom. The van der Waals surface area contributed by atoms with Gasteiger partial charge in [-0.05, 0) is 42.8 Å². The fourth-order valence-corrected chi connectivity index (χ4v) is 4.11. The van der Waals surface area contributed by atoms with E-state index in [1.807, 2.05) is 48.7 Å². The zero-order valence-corrected chi connectivity index (χ0v) is 17.1. The summed E-state index contributed by atoms with van der Waals surface area (Å²) in [4.78, 5) is 0. The van der Waals surface area contributed by atoms with Gasteiger partial charge >= 0.3 is 0 Å². The van der Waals surface area contributed by atoms with Crippen LogP contribution in [0.2, 0.25) is 5.02 Å². The highest BCUT2D eigenvalue weighted by Crippen LogP contribution is 2.46. The Labute approximate surface area is 176 Å². The molecule has 0 radical (unpaired) electrons. The number of hydrogen-bond donors (Lipinski definition) is 0. The molecular weight excluding hydrogens is 386 g/mol. The number of para-hydroxylation sites is 1. The lowest BCUT2D eigenvalue weighted by atomic mass is 9.98. The summed E-state index contributed by atoms with van der Waals surface area (Å²) in [5.41, 5.74) is 3.93. The van der Waals surface area contributed by atoms with E-state index in [-0.39, 0.29) is 6.10 Å². The van der Waals surface area contributed by atoms with Crippen LogP contribution >= 0.6 is 11.6 Å². The van der Waals surface area contributed by atoms with Crippen LogP contribution in [-0.4, -0.2) is 18.8 Å². The van der Waals surface area contributed by atoms with Gasteiger partial charge in [-0.3, -0.25) is 0 Å². The van der Waals surface area contributed by atoms with Gasteiger partial charge in [-0.15, -0.1) is 12.3 Å². The molecule has 148 valence electrons. The maximum absolute atomic E-state index is 6.70. The molecule has 0 unspecified atom stereocenters. The van der Waals surface area contributed by atoms with Gasteiger partial charge in [0.25, 0.3) is 0 Å². The van der Waals surface area contributed by atoms with E-state index < -0.39 is 6.10 Å². The zero-order chi connectivity index (χ0) is 20.4. The molecule has 0 fully saturated rings. The van der Waals surface area contributed by atoms with Gasteiger partial charge < -0.3 is 18.8 Å². The van der Waals surface area contributed by atoms with Crippen LogP contribution in [-0.2, 0) is 4.74 Å². The van der Waals surface area contributed by atoms with Crippen LogP contribution in [0.25, 0.3) is 5.69 Å². The summed E-state index contributed by atoms with van der Waals surface area (Å²) in [5, 5.41) is 0.648. The molecule has 1 aliphatic rings. The average Bonchev–Trinajstić information content (AvgIpc) is 3.18. The Kier molecular flexibility index (Phi) is 5.53. The smallest absolute Gasteiger partial charge is 0.166 e. The summed E-state index contributed by atoms with van der Waals surface area (Å²) in [6.07, 6.45) is 8.36. The summed E-state index contributed by atoms with van der Waals surface area (Å²) in [7, 11) is 3.26. The van der Waals surface area contributed by atoms with Gasteiger partial charge in [0.2, 0.25) is 0 Å². The van der Waals surface area contributed by atoms with Crippen molar-refractivity contribution in [3.8, 4) is 29.5 Å². The highest BCUT2D eigenvalue weighted by Gasteiger charge is 2.32. The number of terminal acetylenes is 1. The Balaban J connectivity index is 1.94. The molecule has 29 heavy (non-hydrogen) atoms. The molecule has 4 nitrogen and oxygen atoms in total. The zero-order valence-electron chi connectivity index (χ0n) is 16.4. The van der Waals surface area contributed by atoms with Crippen molar-refractivity contribution in [3.05, 3.63) is 76.6 Å². The van der Waals surface area contributed by atoms with Crippen molar-refractivity contribution < 1.29 is 14.2 Å². The number of ether oxygens (including phenoxy) is 3.